The third-order valence-corrected chi connectivity index (χ3v) is 5.44. The predicted octanol–water partition coefficient (Wildman–Crippen LogP) is 3.39. The molecule has 1 heterocycles. The van der Waals surface area contributed by atoms with E-state index in [1.807, 2.05) is 24.3 Å². The lowest BCUT2D eigenvalue weighted by atomic mass is 10.3. The Bertz CT molecular complexity index is 604. The Labute approximate surface area is 135 Å². The normalized spacial score (nSPS) is 10.4. The number of carbonyl (C=O) groups is 1. The van der Waals surface area contributed by atoms with Crippen molar-refractivity contribution < 1.29 is 9.53 Å². The molecule has 0 aliphatic carbocycles. The van der Waals surface area contributed by atoms with Crippen molar-refractivity contribution in [1.82, 2.24) is 10.2 Å². The molecule has 0 aliphatic heterocycles. The minimum Gasteiger partial charge on any atom is -0.495 e. The lowest BCUT2D eigenvalue weighted by Crippen LogP contribution is -2.14. The van der Waals surface area contributed by atoms with Crippen LogP contribution < -0.4 is 10.1 Å². The maximum absolute atomic E-state index is 12.0. The van der Waals surface area contributed by atoms with Gasteiger partial charge in [-0.2, -0.15) is 0 Å². The number of amides is 1. The molecule has 8 heteroatoms. The lowest BCUT2D eigenvalue weighted by Gasteiger charge is -2.08. The van der Waals surface area contributed by atoms with E-state index in [4.69, 9.17) is 4.74 Å². The summed E-state index contributed by atoms with van der Waals surface area (Å²) in [5.41, 5.74) is 0.671. The number of thioether (sulfide) groups is 2. The fraction of sp³-hybridized carbons (Fsp3) is 0.308. The van der Waals surface area contributed by atoms with Crippen LogP contribution in [0.5, 0.6) is 5.75 Å². The molecule has 5 nitrogen and oxygen atoms in total. The van der Waals surface area contributed by atoms with Crippen molar-refractivity contribution in [3.05, 3.63) is 24.3 Å². The monoisotopic (exact) mass is 341 g/mol. The number of anilines is 1. The van der Waals surface area contributed by atoms with Gasteiger partial charge in [0.2, 0.25) is 5.91 Å². The molecular formula is C13H15N3O2S3. The third-order valence-electron chi connectivity index (χ3n) is 2.36. The Morgan fingerprint density at radius 2 is 2.00 bits per heavy atom. The Balaban J connectivity index is 1.86. The van der Waals surface area contributed by atoms with Gasteiger partial charge in [-0.25, -0.2) is 0 Å². The summed E-state index contributed by atoms with van der Waals surface area (Å²) >= 11 is 4.55. The first kappa shape index (κ1) is 16.1. The number of nitrogens with zero attached hydrogens (tertiary/aromatic N) is 2. The Kier molecular flexibility index (Phi) is 6.34. The van der Waals surface area contributed by atoms with Gasteiger partial charge < -0.3 is 10.1 Å². The van der Waals surface area contributed by atoms with Crippen LogP contribution in [0.15, 0.2) is 32.9 Å². The van der Waals surface area contributed by atoms with E-state index in [2.05, 4.69) is 22.4 Å². The summed E-state index contributed by atoms with van der Waals surface area (Å²) in [5.74, 6) is 1.81. The van der Waals surface area contributed by atoms with Crippen molar-refractivity contribution in [1.29, 1.82) is 0 Å². The first-order chi connectivity index (χ1) is 10.2. The van der Waals surface area contributed by atoms with Crippen molar-refractivity contribution in [2.45, 2.75) is 15.6 Å². The number of aromatic nitrogens is 2. The molecule has 0 aliphatic rings. The van der Waals surface area contributed by atoms with Gasteiger partial charge >= 0.3 is 0 Å². The van der Waals surface area contributed by atoms with Gasteiger partial charge in [0, 0.05) is 0 Å². The highest BCUT2D eigenvalue weighted by atomic mass is 32.2. The molecule has 0 spiro atoms. The predicted molar refractivity (Wildman–Crippen MR) is 88.7 cm³/mol. The molecule has 0 saturated carbocycles. The molecule has 1 amide bonds. The highest BCUT2D eigenvalue weighted by Crippen LogP contribution is 2.29. The molecular weight excluding hydrogens is 326 g/mol. The Morgan fingerprint density at radius 3 is 2.71 bits per heavy atom. The molecule has 21 heavy (non-hydrogen) atoms. The van der Waals surface area contributed by atoms with Gasteiger partial charge in [0.15, 0.2) is 8.68 Å². The highest BCUT2D eigenvalue weighted by molar-refractivity contribution is 8.03. The van der Waals surface area contributed by atoms with E-state index >= 15 is 0 Å². The van der Waals surface area contributed by atoms with Crippen molar-refractivity contribution in [3.8, 4) is 5.75 Å². The Hall–Kier alpha value is -1.25. The third kappa shape index (κ3) is 4.90. The Morgan fingerprint density at radius 1 is 1.29 bits per heavy atom. The van der Waals surface area contributed by atoms with Crippen LogP contribution in [0.25, 0.3) is 0 Å². The molecule has 1 aromatic heterocycles. The molecule has 1 N–H and O–H groups in total. The summed E-state index contributed by atoms with van der Waals surface area (Å²) in [6, 6.07) is 7.33. The summed E-state index contributed by atoms with van der Waals surface area (Å²) < 4.78 is 6.94. The van der Waals surface area contributed by atoms with Crippen LogP contribution in [0.2, 0.25) is 0 Å². The van der Waals surface area contributed by atoms with Crippen LogP contribution in [-0.4, -0.2) is 34.7 Å². The maximum atomic E-state index is 12.0. The van der Waals surface area contributed by atoms with Gasteiger partial charge in [0.05, 0.1) is 18.6 Å². The van der Waals surface area contributed by atoms with E-state index in [0.29, 0.717) is 17.2 Å². The summed E-state index contributed by atoms with van der Waals surface area (Å²) in [6.45, 7) is 2.07. The number of hydrogen-bond donors (Lipinski definition) is 1. The minimum atomic E-state index is -0.0932. The molecule has 0 saturated heterocycles. The quantitative estimate of drug-likeness (QED) is 0.779. The molecule has 0 bridgehead atoms. The fourth-order valence-corrected chi connectivity index (χ4v) is 4.22. The lowest BCUT2D eigenvalue weighted by molar-refractivity contribution is -0.113. The number of rotatable bonds is 7. The van der Waals surface area contributed by atoms with E-state index in [0.717, 1.165) is 14.4 Å². The molecule has 0 unspecified atom stereocenters. The number of carbonyl (C=O) groups excluding carboxylic acids is 1. The topological polar surface area (TPSA) is 64.1 Å². The van der Waals surface area contributed by atoms with Crippen molar-refractivity contribution in [3.63, 3.8) is 0 Å². The van der Waals surface area contributed by atoms with Gasteiger partial charge in [-0.3, -0.25) is 4.79 Å². The molecule has 112 valence electrons. The van der Waals surface area contributed by atoms with E-state index < -0.39 is 0 Å². The second-order valence-corrected chi connectivity index (χ2v) is 7.52. The van der Waals surface area contributed by atoms with Crippen LogP contribution in [0.3, 0.4) is 0 Å². The van der Waals surface area contributed by atoms with Crippen molar-refractivity contribution >= 4 is 46.5 Å². The van der Waals surface area contributed by atoms with E-state index in [9.17, 15) is 4.79 Å². The average Bonchev–Trinajstić information content (AvgIpc) is 2.94. The molecule has 2 aromatic rings. The number of ether oxygens (including phenoxy) is 1. The molecule has 2 rings (SSSR count). The number of nitrogens with one attached hydrogen (secondary N) is 1. The summed E-state index contributed by atoms with van der Waals surface area (Å²) in [6.07, 6.45) is 0. The van der Waals surface area contributed by atoms with E-state index in [-0.39, 0.29) is 5.91 Å². The molecule has 0 radical (unpaired) electrons. The number of hydrogen-bond acceptors (Lipinski definition) is 7. The van der Waals surface area contributed by atoms with Crippen LogP contribution in [0, 0.1) is 0 Å². The zero-order valence-electron chi connectivity index (χ0n) is 11.7. The maximum Gasteiger partial charge on any atom is 0.234 e. The highest BCUT2D eigenvalue weighted by Gasteiger charge is 2.10. The van der Waals surface area contributed by atoms with Crippen LogP contribution in [0.4, 0.5) is 5.69 Å². The van der Waals surface area contributed by atoms with Crippen molar-refractivity contribution in [2.75, 3.05) is 23.9 Å². The summed E-state index contributed by atoms with van der Waals surface area (Å²) in [4.78, 5) is 12.0. The van der Waals surface area contributed by atoms with E-state index in [1.54, 1.807) is 18.9 Å². The van der Waals surface area contributed by atoms with Gasteiger partial charge in [-0.05, 0) is 17.9 Å². The molecule has 0 fully saturated rings. The second-order valence-electron chi connectivity index (χ2n) is 3.80. The fourth-order valence-electron chi connectivity index (χ4n) is 1.50. The first-order valence-corrected chi connectivity index (χ1v) is 9.03. The van der Waals surface area contributed by atoms with Crippen molar-refractivity contribution in [2.24, 2.45) is 0 Å². The summed E-state index contributed by atoms with van der Waals surface area (Å²) in [7, 11) is 1.58. The molecule has 1 aromatic carbocycles. The van der Waals surface area contributed by atoms with Crippen LogP contribution >= 0.6 is 34.9 Å². The smallest absolute Gasteiger partial charge is 0.234 e. The standard InChI is InChI=1S/C13H15N3O2S3/c1-3-19-12-15-16-13(21-12)20-8-11(17)14-9-6-4-5-7-10(9)18-2/h4-7H,3,8H2,1-2H3,(H,14,17). The number of methoxy groups -OCH3 is 1. The van der Waals surface area contributed by atoms with Gasteiger partial charge in [-0.15, -0.1) is 10.2 Å². The minimum absolute atomic E-state index is 0.0932. The van der Waals surface area contributed by atoms with E-state index in [1.165, 1.54) is 23.1 Å². The largest absolute Gasteiger partial charge is 0.495 e. The zero-order chi connectivity index (χ0) is 15.1. The van der Waals surface area contributed by atoms with Gasteiger partial charge in [0.1, 0.15) is 5.75 Å². The second kappa shape index (κ2) is 8.26. The number of benzene rings is 1. The first-order valence-electron chi connectivity index (χ1n) is 6.25. The zero-order valence-corrected chi connectivity index (χ0v) is 14.1. The van der Waals surface area contributed by atoms with Gasteiger partial charge in [0.25, 0.3) is 0 Å². The SMILES string of the molecule is CCSc1nnc(SCC(=O)Nc2ccccc2OC)s1. The van der Waals surface area contributed by atoms with Gasteiger partial charge in [-0.1, -0.05) is 53.9 Å². The van der Waals surface area contributed by atoms with Crippen LogP contribution in [0.1, 0.15) is 6.92 Å². The number of para-hydroxylation sites is 2. The molecule has 0 atom stereocenters. The average molecular weight is 341 g/mol. The van der Waals surface area contributed by atoms with Crippen LogP contribution in [-0.2, 0) is 4.79 Å². The summed E-state index contributed by atoms with van der Waals surface area (Å²) in [5, 5.41) is 10.9.